The normalized spacial score (nSPS) is 22.2. The highest BCUT2D eigenvalue weighted by Crippen LogP contribution is 2.21. The maximum absolute atomic E-state index is 11.0. The van der Waals surface area contributed by atoms with Crippen LogP contribution in [-0.4, -0.2) is 31.4 Å². The maximum Gasteiger partial charge on any atom is 0.243 e. The second-order valence-electron chi connectivity index (χ2n) is 4.12. The Labute approximate surface area is 94.3 Å². The molecule has 0 amide bonds. The first-order valence-electron chi connectivity index (χ1n) is 5.28. The first-order chi connectivity index (χ1) is 7.54. The molecule has 90 valence electrons. The van der Waals surface area contributed by atoms with Crippen LogP contribution in [0.2, 0.25) is 0 Å². The summed E-state index contributed by atoms with van der Waals surface area (Å²) in [5.41, 5.74) is 0. The van der Waals surface area contributed by atoms with Gasteiger partial charge in [-0.15, -0.1) is 0 Å². The molecule has 1 fully saturated rings. The van der Waals surface area contributed by atoms with E-state index in [1.165, 1.54) is 0 Å². The van der Waals surface area contributed by atoms with Gasteiger partial charge >= 0.3 is 0 Å². The molecule has 16 heavy (non-hydrogen) atoms. The molecule has 1 aromatic rings. The van der Waals surface area contributed by atoms with Gasteiger partial charge in [0.25, 0.3) is 0 Å². The lowest BCUT2D eigenvalue weighted by Gasteiger charge is -2.19. The molecule has 0 unspecified atom stereocenters. The Morgan fingerprint density at radius 2 is 2.31 bits per heavy atom. The fourth-order valence-electron chi connectivity index (χ4n) is 1.76. The molecule has 1 aliphatic rings. The lowest BCUT2D eigenvalue weighted by Crippen LogP contribution is -2.27. The maximum atomic E-state index is 11.0. The average molecular weight is 245 g/mol. The quantitative estimate of drug-likeness (QED) is 0.831. The SMILES string of the molecule is CS(=O)(=O)Cc1noc([C@H]2CCCCN2)n1. The van der Waals surface area contributed by atoms with Crippen molar-refractivity contribution < 1.29 is 12.9 Å². The number of piperidine rings is 1. The van der Waals surface area contributed by atoms with Crippen LogP contribution in [-0.2, 0) is 15.6 Å². The van der Waals surface area contributed by atoms with Crippen LogP contribution in [0.3, 0.4) is 0 Å². The molecule has 1 saturated heterocycles. The Hall–Kier alpha value is -0.950. The zero-order valence-electron chi connectivity index (χ0n) is 9.14. The summed E-state index contributed by atoms with van der Waals surface area (Å²) in [4.78, 5) is 4.10. The Morgan fingerprint density at radius 3 is 2.94 bits per heavy atom. The van der Waals surface area contributed by atoms with E-state index in [9.17, 15) is 8.42 Å². The van der Waals surface area contributed by atoms with Crippen molar-refractivity contribution in [2.24, 2.45) is 0 Å². The number of nitrogens with zero attached hydrogens (tertiary/aromatic N) is 2. The van der Waals surface area contributed by atoms with Crippen molar-refractivity contribution in [2.75, 3.05) is 12.8 Å². The van der Waals surface area contributed by atoms with Crippen molar-refractivity contribution in [3.05, 3.63) is 11.7 Å². The molecule has 1 aliphatic heterocycles. The second kappa shape index (κ2) is 4.50. The van der Waals surface area contributed by atoms with Gasteiger partial charge in [0, 0.05) is 6.26 Å². The molecule has 7 heteroatoms. The highest BCUT2D eigenvalue weighted by molar-refractivity contribution is 7.89. The van der Waals surface area contributed by atoms with Gasteiger partial charge in [0.1, 0.15) is 5.75 Å². The van der Waals surface area contributed by atoms with Crippen LogP contribution in [0.1, 0.15) is 37.0 Å². The molecule has 0 aromatic carbocycles. The van der Waals surface area contributed by atoms with E-state index in [4.69, 9.17) is 4.52 Å². The summed E-state index contributed by atoms with van der Waals surface area (Å²) in [6.07, 6.45) is 4.39. The van der Waals surface area contributed by atoms with Gasteiger partial charge in [-0.2, -0.15) is 4.98 Å². The van der Waals surface area contributed by atoms with Gasteiger partial charge in [-0.05, 0) is 19.4 Å². The summed E-state index contributed by atoms with van der Waals surface area (Å²) in [7, 11) is -3.10. The Morgan fingerprint density at radius 1 is 1.50 bits per heavy atom. The van der Waals surface area contributed by atoms with E-state index < -0.39 is 9.84 Å². The van der Waals surface area contributed by atoms with E-state index in [0.29, 0.717) is 5.89 Å². The van der Waals surface area contributed by atoms with Gasteiger partial charge in [-0.1, -0.05) is 11.6 Å². The van der Waals surface area contributed by atoms with E-state index in [1.54, 1.807) is 0 Å². The first kappa shape index (κ1) is 11.5. The summed E-state index contributed by atoms with van der Waals surface area (Å²) >= 11 is 0. The highest BCUT2D eigenvalue weighted by Gasteiger charge is 2.21. The largest absolute Gasteiger partial charge is 0.338 e. The summed E-state index contributed by atoms with van der Waals surface area (Å²) in [5, 5.41) is 6.94. The predicted molar refractivity (Wildman–Crippen MR) is 57.4 cm³/mol. The average Bonchev–Trinajstić information content (AvgIpc) is 2.65. The van der Waals surface area contributed by atoms with Crippen LogP contribution in [0.25, 0.3) is 0 Å². The fraction of sp³-hybridized carbons (Fsp3) is 0.778. The zero-order valence-corrected chi connectivity index (χ0v) is 9.96. The number of hydrogen-bond donors (Lipinski definition) is 1. The van der Waals surface area contributed by atoms with Crippen LogP contribution in [0.4, 0.5) is 0 Å². The van der Waals surface area contributed by atoms with Crippen LogP contribution in [0.5, 0.6) is 0 Å². The monoisotopic (exact) mass is 245 g/mol. The number of rotatable bonds is 3. The predicted octanol–water partition coefficient (Wildman–Crippen LogP) is 0.429. The molecule has 0 radical (unpaired) electrons. The standard InChI is InChI=1S/C9H15N3O3S/c1-16(13,14)6-8-11-9(15-12-8)7-4-2-3-5-10-7/h7,10H,2-6H2,1H3/t7-/m1/s1. The van der Waals surface area contributed by atoms with Gasteiger partial charge < -0.3 is 9.84 Å². The summed E-state index contributed by atoms with van der Waals surface area (Å²) in [6.45, 7) is 0.939. The van der Waals surface area contributed by atoms with E-state index in [0.717, 1.165) is 32.1 Å². The molecule has 0 spiro atoms. The van der Waals surface area contributed by atoms with E-state index in [1.807, 2.05) is 0 Å². The van der Waals surface area contributed by atoms with Crippen LogP contribution < -0.4 is 5.32 Å². The molecule has 0 saturated carbocycles. The van der Waals surface area contributed by atoms with Gasteiger partial charge in [-0.25, -0.2) is 8.42 Å². The van der Waals surface area contributed by atoms with Crippen LogP contribution >= 0.6 is 0 Å². The molecule has 6 nitrogen and oxygen atoms in total. The van der Waals surface area contributed by atoms with Crippen molar-refractivity contribution in [3.8, 4) is 0 Å². The lowest BCUT2D eigenvalue weighted by molar-refractivity contribution is 0.296. The van der Waals surface area contributed by atoms with Crippen LogP contribution in [0, 0.1) is 0 Å². The van der Waals surface area contributed by atoms with E-state index in [-0.39, 0.29) is 17.6 Å². The number of aromatic nitrogens is 2. The molecule has 1 N–H and O–H groups in total. The third kappa shape index (κ3) is 3.02. The molecule has 1 atom stereocenters. The van der Waals surface area contributed by atoms with Gasteiger partial charge in [0.2, 0.25) is 5.89 Å². The Bertz CT molecular complexity index is 448. The minimum Gasteiger partial charge on any atom is -0.338 e. The number of sulfone groups is 1. The van der Waals surface area contributed by atoms with Crippen LogP contribution in [0.15, 0.2) is 4.52 Å². The lowest BCUT2D eigenvalue weighted by atomic mass is 10.1. The van der Waals surface area contributed by atoms with Crippen molar-refractivity contribution in [1.82, 2.24) is 15.5 Å². The molecular weight excluding hydrogens is 230 g/mol. The van der Waals surface area contributed by atoms with Gasteiger partial charge in [-0.3, -0.25) is 0 Å². The summed E-state index contributed by atoms with van der Waals surface area (Å²) in [5.74, 6) is 0.576. The van der Waals surface area contributed by atoms with Crippen molar-refractivity contribution in [1.29, 1.82) is 0 Å². The van der Waals surface area contributed by atoms with E-state index >= 15 is 0 Å². The third-order valence-electron chi connectivity index (χ3n) is 2.48. The van der Waals surface area contributed by atoms with Crippen molar-refractivity contribution in [2.45, 2.75) is 31.1 Å². The molecule has 2 rings (SSSR count). The fourth-order valence-corrected chi connectivity index (χ4v) is 2.35. The molecule has 0 aliphatic carbocycles. The van der Waals surface area contributed by atoms with Gasteiger partial charge in [0.05, 0.1) is 6.04 Å². The minimum absolute atomic E-state index is 0.0783. The summed E-state index contributed by atoms with van der Waals surface area (Å²) < 4.78 is 27.2. The molecule has 2 heterocycles. The van der Waals surface area contributed by atoms with Gasteiger partial charge in [0.15, 0.2) is 15.7 Å². The smallest absolute Gasteiger partial charge is 0.243 e. The Kier molecular flexibility index (Phi) is 3.25. The minimum atomic E-state index is -3.10. The first-order valence-corrected chi connectivity index (χ1v) is 7.34. The van der Waals surface area contributed by atoms with Crippen molar-refractivity contribution in [3.63, 3.8) is 0 Å². The van der Waals surface area contributed by atoms with Crippen molar-refractivity contribution >= 4 is 9.84 Å². The topological polar surface area (TPSA) is 85.1 Å². The Balaban J connectivity index is 2.06. The zero-order chi connectivity index (χ0) is 11.6. The number of nitrogens with one attached hydrogen (secondary N) is 1. The third-order valence-corrected chi connectivity index (χ3v) is 3.27. The second-order valence-corrected chi connectivity index (χ2v) is 6.26. The molecular formula is C9H15N3O3S. The summed E-state index contributed by atoms with van der Waals surface area (Å²) in [6, 6.07) is 0.0783. The molecule has 1 aromatic heterocycles. The number of hydrogen-bond acceptors (Lipinski definition) is 6. The van der Waals surface area contributed by atoms with E-state index in [2.05, 4.69) is 15.5 Å². The highest BCUT2D eigenvalue weighted by atomic mass is 32.2. The molecule has 0 bridgehead atoms.